The zero-order chi connectivity index (χ0) is 16.7. The number of rotatable bonds is 3. The third-order valence-electron chi connectivity index (χ3n) is 2.53. The van der Waals surface area contributed by atoms with Crippen LogP contribution in [0, 0.1) is 10.1 Å². The van der Waals surface area contributed by atoms with Gasteiger partial charge in [0.25, 0.3) is 5.69 Å². The highest BCUT2D eigenvalue weighted by atomic mass is 16.6. The van der Waals surface area contributed by atoms with Crippen LogP contribution in [0.2, 0.25) is 0 Å². The Morgan fingerprint density at radius 1 is 1.09 bits per heavy atom. The van der Waals surface area contributed by atoms with Crippen molar-refractivity contribution in [3.63, 3.8) is 0 Å². The van der Waals surface area contributed by atoms with Crippen molar-refractivity contribution in [1.82, 2.24) is 0 Å². The third kappa shape index (κ3) is 4.71. The van der Waals surface area contributed by atoms with Gasteiger partial charge in [0.15, 0.2) is 0 Å². The number of nitrogens with two attached hydrogens (primary N) is 1. The minimum Gasteiger partial charge on any atom is -0.477 e. The van der Waals surface area contributed by atoms with Crippen LogP contribution in [0.3, 0.4) is 0 Å². The largest absolute Gasteiger partial charge is 0.477 e. The van der Waals surface area contributed by atoms with Gasteiger partial charge < -0.3 is 10.8 Å². The molecule has 1 amide bonds. The fourth-order valence-corrected chi connectivity index (χ4v) is 1.68. The number of carbonyl (C=O) groups is 2. The summed E-state index contributed by atoms with van der Waals surface area (Å²) in [6, 6.07) is 13.2. The van der Waals surface area contributed by atoms with Crippen LogP contribution in [0.4, 0.5) is 5.69 Å². The number of primary amides is 1. The summed E-state index contributed by atoms with van der Waals surface area (Å²) in [5.74, 6) is -1.64. The summed E-state index contributed by atoms with van der Waals surface area (Å²) in [5.41, 5.74) is 5.22. The summed E-state index contributed by atoms with van der Waals surface area (Å²) >= 11 is 0. The van der Waals surface area contributed by atoms with Crippen LogP contribution in [0.5, 0.6) is 0 Å². The molecular formula is C15H14N2O5. The third-order valence-corrected chi connectivity index (χ3v) is 2.53. The molecule has 7 nitrogen and oxygen atoms in total. The topological polar surface area (TPSA) is 124 Å². The molecule has 0 aliphatic rings. The Morgan fingerprint density at radius 3 is 2.09 bits per heavy atom. The number of carbonyl (C=O) groups excluding carboxylic acids is 1. The molecule has 0 aromatic heterocycles. The predicted molar refractivity (Wildman–Crippen MR) is 80.4 cm³/mol. The Morgan fingerprint density at radius 2 is 1.64 bits per heavy atom. The number of nitrogens with zero attached hydrogens (tertiary/aromatic N) is 1. The number of nitro groups is 1. The minimum atomic E-state index is -1.31. The van der Waals surface area contributed by atoms with Gasteiger partial charge >= 0.3 is 5.97 Å². The second-order valence-electron chi connectivity index (χ2n) is 4.27. The SMILES string of the molecule is CC(N)=O.O=C(O)c1cc(-c2ccccc2)ccc1[N+](=O)[O-]. The minimum absolute atomic E-state index is 0.304. The van der Waals surface area contributed by atoms with Crippen molar-refractivity contribution < 1.29 is 19.6 Å². The zero-order valence-corrected chi connectivity index (χ0v) is 11.7. The average Bonchev–Trinajstić information content (AvgIpc) is 2.46. The summed E-state index contributed by atoms with van der Waals surface area (Å²) in [6.07, 6.45) is 0. The molecule has 0 unspecified atom stereocenters. The van der Waals surface area contributed by atoms with Crippen LogP contribution in [-0.2, 0) is 4.79 Å². The molecule has 114 valence electrons. The van der Waals surface area contributed by atoms with E-state index in [0.717, 1.165) is 5.56 Å². The molecule has 7 heteroatoms. The van der Waals surface area contributed by atoms with Gasteiger partial charge in [-0.05, 0) is 23.3 Å². The molecule has 3 N–H and O–H groups in total. The molecule has 0 heterocycles. The Labute approximate surface area is 126 Å². The number of hydrogen-bond acceptors (Lipinski definition) is 4. The first-order valence-electron chi connectivity index (χ1n) is 6.16. The molecule has 0 fully saturated rings. The Balaban J connectivity index is 0.000000541. The van der Waals surface area contributed by atoms with Crippen molar-refractivity contribution in [2.75, 3.05) is 0 Å². The van der Waals surface area contributed by atoms with Crippen LogP contribution < -0.4 is 5.73 Å². The molecule has 0 radical (unpaired) electrons. The van der Waals surface area contributed by atoms with E-state index in [0.29, 0.717) is 5.56 Å². The summed E-state index contributed by atoms with van der Waals surface area (Å²) < 4.78 is 0. The number of benzene rings is 2. The number of carboxylic acids is 1. The van der Waals surface area contributed by atoms with E-state index in [2.05, 4.69) is 5.73 Å². The van der Waals surface area contributed by atoms with E-state index in [9.17, 15) is 19.7 Å². The van der Waals surface area contributed by atoms with Gasteiger partial charge in [-0.3, -0.25) is 14.9 Å². The quantitative estimate of drug-likeness (QED) is 0.665. The van der Waals surface area contributed by atoms with Crippen molar-refractivity contribution in [3.8, 4) is 11.1 Å². The van der Waals surface area contributed by atoms with E-state index in [1.165, 1.54) is 19.1 Å². The van der Waals surface area contributed by atoms with Gasteiger partial charge in [0.05, 0.1) is 4.92 Å². The van der Waals surface area contributed by atoms with Gasteiger partial charge in [0.1, 0.15) is 5.56 Å². The molecule has 2 rings (SSSR count). The van der Waals surface area contributed by atoms with Gasteiger partial charge in [-0.1, -0.05) is 30.3 Å². The number of aromatic carboxylic acids is 1. The van der Waals surface area contributed by atoms with Crippen molar-refractivity contribution >= 4 is 17.6 Å². The standard InChI is InChI=1S/C13H9NO4.C2H5NO/c15-13(16)11-8-10(6-7-12(11)14(17)18)9-4-2-1-3-5-9;1-2(3)4/h1-8H,(H,15,16);1H3,(H2,3,4). The summed E-state index contributed by atoms with van der Waals surface area (Å²) in [7, 11) is 0. The molecule has 0 spiro atoms. The van der Waals surface area contributed by atoms with E-state index in [4.69, 9.17) is 5.11 Å². The first kappa shape index (κ1) is 16.8. The highest BCUT2D eigenvalue weighted by Gasteiger charge is 2.20. The highest BCUT2D eigenvalue weighted by molar-refractivity contribution is 5.94. The van der Waals surface area contributed by atoms with Crippen LogP contribution in [-0.4, -0.2) is 21.9 Å². The van der Waals surface area contributed by atoms with Crippen LogP contribution in [0.25, 0.3) is 11.1 Å². The first-order chi connectivity index (χ1) is 10.3. The number of hydrogen-bond donors (Lipinski definition) is 2. The van der Waals surface area contributed by atoms with Crippen LogP contribution in [0.15, 0.2) is 48.5 Å². The Hall–Kier alpha value is -3.22. The lowest BCUT2D eigenvalue weighted by Crippen LogP contribution is -2.02. The highest BCUT2D eigenvalue weighted by Crippen LogP contribution is 2.26. The van der Waals surface area contributed by atoms with E-state index in [1.54, 1.807) is 6.07 Å². The molecular weight excluding hydrogens is 288 g/mol. The van der Waals surface area contributed by atoms with Crippen molar-refractivity contribution in [3.05, 3.63) is 64.2 Å². The predicted octanol–water partition coefficient (Wildman–Crippen LogP) is 2.45. The molecule has 2 aromatic carbocycles. The average molecular weight is 302 g/mol. The van der Waals surface area contributed by atoms with Crippen LogP contribution in [0.1, 0.15) is 17.3 Å². The van der Waals surface area contributed by atoms with E-state index in [1.807, 2.05) is 30.3 Å². The van der Waals surface area contributed by atoms with E-state index >= 15 is 0 Å². The van der Waals surface area contributed by atoms with Crippen LogP contribution >= 0.6 is 0 Å². The monoisotopic (exact) mass is 302 g/mol. The molecule has 2 aromatic rings. The van der Waals surface area contributed by atoms with Gasteiger partial charge in [-0.15, -0.1) is 0 Å². The smallest absolute Gasteiger partial charge is 0.342 e. The molecule has 0 bridgehead atoms. The molecule has 0 saturated carbocycles. The maximum atomic E-state index is 11.0. The van der Waals surface area contributed by atoms with Gasteiger partial charge in [-0.2, -0.15) is 0 Å². The first-order valence-corrected chi connectivity index (χ1v) is 6.16. The van der Waals surface area contributed by atoms with E-state index < -0.39 is 16.6 Å². The van der Waals surface area contributed by atoms with Gasteiger partial charge in [-0.25, -0.2) is 4.79 Å². The second-order valence-corrected chi connectivity index (χ2v) is 4.27. The molecule has 0 atom stereocenters. The molecule has 0 saturated heterocycles. The summed E-state index contributed by atoms with van der Waals surface area (Å²) in [4.78, 5) is 30.2. The second kappa shape index (κ2) is 7.53. The lowest BCUT2D eigenvalue weighted by molar-refractivity contribution is -0.385. The van der Waals surface area contributed by atoms with Crippen molar-refractivity contribution in [2.45, 2.75) is 6.92 Å². The lowest BCUT2D eigenvalue weighted by Gasteiger charge is -2.03. The molecule has 0 aliphatic heterocycles. The normalized spacial score (nSPS) is 9.32. The lowest BCUT2D eigenvalue weighted by atomic mass is 10.0. The summed E-state index contributed by atoms with van der Waals surface area (Å²) in [6.45, 7) is 1.31. The molecule has 22 heavy (non-hydrogen) atoms. The maximum Gasteiger partial charge on any atom is 0.342 e. The van der Waals surface area contributed by atoms with Gasteiger partial charge in [0.2, 0.25) is 5.91 Å². The number of amides is 1. The Bertz CT molecular complexity index is 694. The van der Waals surface area contributed by atoms with E-state index in [-0.39, 0.29) is 11.5 Å². The number of carboxylic acid groups (broad SMARTS) is 1. The number of nitro benzene ring substituents is 1. The van der Waals surface area contributed by atoms with Crippen molar-refractivity contribution in [2.24, 2.45) is 5.73 Å². The Kier molecular flexibility index (Phi) is 5.76. The molecule has 0 aliphatic carbocycles. The summed E-state index contributed by atoms with van der Waals surface area (Å²) in [5, 5.41) is 19.7. The maximum absolute atomic E-state index is 11.0. The van der Waals surface area contributed by atoms with Gasteiger partial charge in [0, 0.05) is 13.0 Å². The van der Waals surface area contributed by atoms with Crippen molar-refractivity contribution in [1.29, 1.82) is 0 Å². The zero-order valence-electron chi connectivity index (χ0n) is 11.7. The fourth-order valence-electron chi connectivity index (χ4n) is 1.68. The fraction of sp³-hybridized carbons (Fsp3) is 0.0667.